The van der Waals surface area contributed by atoms with Crippen LogP contribution in [-0.2, 0) is 11.4 Å². The van der Waals surface area contributed by atoms with E-state index in [2.05, 4.69) is 10.8 Å². The summed E-state index contributed by atoms with van der Waals surface area (Å²) in [5, 5.41) is 9.31. The summed E-state index contributed by atoms with van der Waals surface area (Å²) in [5.74, 6) is -2.82. The summed E-state index contributed by atoms with van der Waals surface area (Å²) in [7, 11) is 0. The van der Waals surface area contributed by atoms with Gasteiger partial charge in [-0.2, -0.15) is 5.26 Å². The van der Waals surface area contributed by atoms with Gasteiger partial charge in [0.2, 0.25) is 5.92 Å². The molecule has 3 nitrogen and oxygen atoms in total. The Morgan fingerprint density at radius 2 is 2.00 bits per heavy atom. The SMILES string of the molecule is Cc1ccc([S+]([O-])N[C@H](C#N)[C@H]2CCCC(F)(F)CC2)cc1. The monoisotopic (exact) mass is 326 g/mol. The van der Waals surface area contributed by atoms with E-state index >= 15 is 0 Å². The zero-order chi connectivity index (χ0) is 16.2. The molecule has 1 saturated carbocycles. The Kier molecular flexibility index (Phi) is 5.79. The van der Waals surface area contributed by atoms with E-state index in [1.807, 2.05) is 19.1 Å². The molecule has 1 aliphatic rings. The highest BCUT2D eigenvalue weighted by Gasteiger charge is 2.36. The highest BCUT2D eigenvalue weighted by atomic mass is 32.2. The van der Waals surface area contributed by atoms with Crippen molar-refractivity contribution in [2.45, 2.75) is 55.9 Å². The van der Waals surface area contributed by atoms with E-state index in [4.69, 9.17) is 0 Å². The van der Waals surface area contributed by atoms with Gasteiger partial charge in [0.1, 0.15) is 6.04 Å². The number of halogens is 2. The van der Waals surface area contributed by atoms with E-state index in [0.717, 1.165) is 5.56 Å². The molecule has 0 spiro atoms. The first-order valence-corrected chi connectivity index (χ1v) is 8.58. The second kappa shape index (κ2) is 7.40. The summed E-state index contributed by atoms with van der Waals surface area (Å²) in [6.45, 7) is 1.93. The Morgan fingerprint density at radius 3 is 2.64 bits per heavy atom. The second-order valence-corrected chi connectivity index (χ2v) is 7.10. The number of hydrogen-bond donors (Lipinski definition) is 1. The van der Waals surface area contributed by atoms with Crippen LogP contribution in [0.2, 0.25) is 0 Å². The summed E-state index contributed by atoms with van der Waals surface area (Å²) in [6.07, 6.45) is 0.918. The van der Waals surface area contributed by atoms with Crippen molar-refractivity contribution in [3.8, 4) is 6.07 Å². The average molecular weight is 326 g/mol. The third-order valence-corrected chi connectivity index (χ3v) is 5.25. The van der Waals surface area contributed by atoms with Crippen LogP contribution in [0.15, 0.2) is 29.2 Å². The standard InChI is InChI=1S/C16H20F2N2OS/c1-12-4-6-14(7-5-12)22(21)20-15(11-19)13-3-2-9-16(17,18)10-8-13/h4-7,13,15,20H,2-3,8-10H2,1H3/t13-,15+,22?/m0/s1. The number of nitrogens with zero attached hydrogens (tertiary/aromatic N) is 1. The molecule has 2 rings (SSSR count). The zero-order valence-electron chi connectivity index (χ0n) is 12.5. The molecule has 6 heteroatoms. The molecule has 0 aliphatic heterocycles. The van der Waals surface area contributed by atoms with E-state index in [0.29, 0.717) is 17.7 Å². The quantitative estimate of drug-likeness (QED) is 0.678. The van der Waals surface area contributed by atoms with Gasteiger partial charge in [0.25, 0.3) is 0 Å². The fraction of sp³-hybridized carbons (Fsp3) is 0.562. The Bertz CT molecular complexity index is 530. The fourth-order valence-electron chi connectivity index (χ4n) is 2.70. The van der Waals surface area contributed by atoms with Gasteiger partial charge in [-0.15, -0.1) is 4.72 Å². The number of hydrogen-bond acceptors (Lipinski definition) is 3. The normalized spacial score (nSPS) is 24.0. The minimum absolute atomic E-state index is 0.122. The summed E-state index contributed by atoms with van der Waals surface area (Å²) in [5.41, 5.74) is 1.06. The van der Waals surface area contributed by atoms with Gasteiger partial charge in [-0.25, -0.2) is 8.78 Å². The average Bonchev–Trinajstić information content (AvgIpc) is 2.66. The molecule has 0 saturated heterocycles. The topological polar surface area (TPSA) is 58.9 Å². The maximum Gasteiger partial charge on any atom is 0.248 e. The minimum atomic E-state index is -2.63. The van der Waals surface area contributed by atoms with Crippen LogP contribution in [0.25, 0.3) is 0 Å². The van der Waals surface area contributed by atoms with Crippen molar-refractivity contribution in [2.24, 2.45) is 5.92 Å². The van der Waals surface area contributed by atoms with Gasteiger partial charge >= 0.3 is 0 Å². The van der Waals surface area contributed by atoms with Gasteiger partial charge < -0.3 is 4.55 Å². The number of benzene rings is 1. The lowest BCUT2D eigenvalue weighted by Crippen LogP contribution is -2.39. The van der Waals surface area contributed by atoms with Gasteiger partial charge in [-0.05, 0) is 44.2 Å². The Morgan fingerprint density at radius 1 is 1.32 bits per heavy atom. The minimum Gasteiger partial charge on any atom is -0.593 e. The van der Waals surface area contributed by atoms with E-state index in [-0.39, 0.29) is 25.2 Å². The number of aryl methyl sites for hydroxylation is 1. The molecule has 120 valence electrons. The largest absolute Gasteiger partial charge is 0.593 e. The summed E-state index contributed by atoms with van der Waals surface area (Å²) in [6, 6.07) is 8.61. The second-order valence-electron chi connectivity index (χ2n) is 5.85. The fourth-order valence-corrected chi connectivity index (χ4v) is 3.69. The molecule has 3 atom stereocenters. The number of alkyl halides is 2. The van der Waals surface area contributed by atoms with Crippen LogP contribution in [0.5, 0.6) is 0 Å². The molecule has 1 aromatic carbocycles. The van der Waals surface area contributed by atoms with Gasteiger partial charge in [-0.3, -0.25) is 0 Å². The zero-order valence-corrected chi connectivity index (χ0v) is 13.3. The molecule has 1 fully saturated rings. The van der Waals surface area contributed by atoms with Gasteiger partial charge in [0.15, 0.2) is 4.90 Å². The number of rotatable bonds is 4. The predicted octanol–water partition coefficient (Wildman–Crippen LogP) is 3.72. The molecule has 0 heterocycles. The molecule has 0 amide bonds. The molecule has 22 heavy (non-hydrogen) atoms. The van der Waals surface area contributed by atoms with Crippen LogP contribution >= 0.6 is 0 Å². The van der Waals surface area contributed by atoms with Crippen LogP contribution in [0, 0.1) is 24.2 Å². The van der Waals surface area contributed by atoms with Gasteiger partial charge in [-0.1, -0.05) is 17.7 Å². The van der Waals surface area contributed by atoms with Crippen molar-refractivity contribution in [1.29, 1.82) is 5.26 Å². The molecule has 1 unspecified atom stereocenters. The predicted molar refractivity (Wildman–Crippen MR) is 81.6 cm³/mol. The van der Waals surface area contributed by atoms with Crippen molar-refractivity contribution in [3.63, 3.8) is 0 Å². The Hall–Kier alpha value is -1.16. The highest BCUT2D eigenvalue weighted by molar-refractivity contribution is 7.89. The summed E-state index contributed by atoms with van der Waals surface area (Å²) in [4.78, 5) is 0.588. The molecule has 0 aromatic heterocycles. The molecule has 1 aromatic rings. The van der Waals surface area contributed by atoms with E-state index in [1.54, 1.807) is 12.1 Å². The first-order chi connectivity index (χ1) is 10.4. The maximum absolute atomic E-state index is 13.4. The van der Waals surface area contributed by atoms with Crippen LogP contribution < -0.4 is 4.72 Å². The molecule has 1 N–H and O–H groups in total. The van der Waals surface area contributed by atoms with Crippen molar-refractivity contribution < 1.29 is 13.3 Å². The first kappa shape index (κ1) is 17.2. The molecular weight excluding hydrogens is 306 g/mol. The summed E-state index contributed by atoms with van der Waals surface area (Å²) < 4.78 is 41.9. The molecule has 0 bridgehead atoms. The Labute approximate surface area is 133 Å². The van der Waals surface area contributed by atoms with Crippen LogP contribution in [-0.4, -0.2) is 16.5 Å². The number of nitriles is 1. The molecule has 0 radical (unpaired) electrons. The highest BCUT2D eigenvalue weighted by Crippen LogP contribution is 2.35. The molecule has 1 aliphatic carbocycles. The van der Waals surface area contributed by atoms with E-state index in [1.165, 1.54) is 0 Å². The lowest BCUT2D eigenvalue weighted by Gasteiger charge is -2.22. The lowest BCUT2D eigenvalue weighted by atomic mass is 9.93. The maximum atomic E-state index is 13.4. The van der Waals surface area contributed by atoms with Crippen LogP contribution in [0.4, 0.5) is 8.78 Å². The van der Waals surface area contributed by atoms with Crippen molar-refractivity contribution >= 4 is 11.4 Å². The van der Waals surface area contributed by atoms with Gasteiger partial charge in [0.05, 0.1) is 17.4 Å². The first-order valence-electron chi connectivity index (χ1n) is 7.43. The smallest absolute Gasteiger partial charge is 0.248 e. The van der Waals surface area contributed by atoms with Crippen LogP contribution in [0.3, 0.4) is 0 Å². The third kappa shape index (κ3) is 4.67. The van der Waals surface area contributed by atoms with Gasteiger partial charge in [0, 0.05) is 12.8 Å². The van der Waals surface area contributed by atoms with E-state index < -0.39 is 23.3 Å². The van der Waals surface area contributed by atoms with Crippen molar-refractivity contribution in [1.82, 2.24) is 4.72 Å². The van der Waals surface area contributed by atoms with Crippen LogP contribution in [0.1, 0.15) is 37.7 Å². The third-order valence-electron chi connectivity index (χ3n) is 4.08. The lowest BCUT2D eigenvalue weighted by molar-refractivity contribution is -0.0149. The van der Waals surface area contributed by atoms with Crippen molar-refractivity contribution in [2.75, 3.05) is 0 Å². The summed E-state index contributed by atoms with van der Waals surface area (Å²) >= 11 is -1.51. The Balaban J connectivity index is 1.99. The number of nitrogens with one attached hydrogen (secondary N) is 1. The van der Waals surface area contributed by atoms with E-state index in [9.17, 15) is 18.6 Å². The van der Waals surface area contributed by atoms with Crippen molar-refractivity contribution in [3.05, 3.63) is 29.8 Å². The molecular formula is C16H20F2N2OS.